The largest absolute Gasteiger partial charge is 0.492 e. The van der Waals surface area contributed by atoms with Gasteiger partial charge in [-0.25, -0.2) is 0 Å². The summed E-state index contributed by atoms with van der Waals surface area (Å²) in [6.45, 7) is 3.00. The first kappa shape index (κ1) is 17.1. The molecule has 1 aromatic heterocycles. The zero-order valence-corrected chi connectivity index (χ0v) is 17.0. The maximum atomic E-state index is 6.00. The van der Waals surface area contributed by atoms with Crippen LogP contribution in [0.15, 0.2) is 46.9 Å². The van der Waals surface area contributed by atoms with Crippen molar-refractivity contribution in [2.75, 3.05) is 6.61 Å². The van der Waals surface area contributed by atoms with E-state index >= 15 is 0 Å². The van der Waals surface area contributed by atoms with Crippen LogP contribution in [0.4, 0.5) is 0 Å². The third kappa shape index (κ3) is 3.93. The molecule has 1 aliphatic rings. The van der Waals surface area contributed by atoms with E-state index in [9.17, 15) is 0 Å². The van der Waals surface area contributed by atoms with Crippen LogP contribution in [0.3, 0.4) is 0 Å². The van der Waals surface area contributed by atoms with E-state index in [1.807, 2.05) is 11.3 Å². The van der Waals surface area contributed by atoms with E-state index in [0.717, 1.165) is 42.0 Å². The fourth-order valence-electron chi connectivity index (χ4n) is 3.29. The summed E-state index contributed by atoms with van der Waals surface area (Å²) in [6, 6.07) is 15.6. The molecule has 1 saturated carbocycles. The van der Waals surface area contributed by atoms with Crippen molar-refractivity contribution >= 4 is 37.4 Å². The summed E-state index contributed by atoms with van der Waals surface area (Å²) < 4.78 is 8.47. The molecule has 1 aliphatic carbocycles. The summed E-state index contributed by atoms with van der Waals surface area (Å²) in [5.74, 6) is 1.74. The van der Waals surface area contributed by atoms with Crippen LogP contribution in [0, 0.1) is 0 Å². The lowest BCUT2D eigenvalue weighted by molar-refractivity contribution is 0.307. The summed E-state index contributed by atoms with van der Waals surface area (Å²) >= 11 is 5.64. The van der Waals surface area contributed by atoms with E-state index in [2.05, 4.69) is 65.3 Å². The van der Waals surface area contributed by atoms with Crippen LogP contribution in [-0.4, -0.2) is 6.61 Å². The van der Waals surface area contributed by atoms with Gasteiger partial charge in [0.05, 0.1) is 11.1 Å². The van der Waals surface area contributed by atoms with Gasteiger partial charge in [0, 0.05) is 16.0 Å². The second-order valence-electron chi connectivity index (χ2n) is 6.89. The molecule has 25 heavy (non-hydrogen) atoms. The highest BCUT2D eigenvalue weighted by Crippen LogP contribution is 2.45. The molecule has 3 heteroatoms. The van der Waals surface area contributed by atoms with Gasteiger partial charge in [0.25, 0.3) is 0 Å². The summed E-state index contributed by atoms with van der Waals surface area (Å²) in [5, 5.41) is 1.36. The molecule has 0 aliphatic heterocycles. The molecule has 0 atom stereocenters. The lowest BCUT2D eigenvalue weighted by Crippen LogP contribution is -2.00. The Morgan fingerprint density at radius 3 is 2.76 bits per heavy atom. The SMILES string of the molecule is CCCCOc1cc(C2CC2)c(Cc2cc3ccccc3s2)cc1Br. The average Bonchev–Trinajstić information content (AvgIpc) is 3.36. The van der Waals surface area contributed by atoms with Gasteiger partial charge in [-0.3, -0.25) is 0 Å². The molecule has 3 aromatic rings. The van der Waals surface area contributed by atoms with Crippen LogP contribution in [0.1, 0.15) is 54.5 Å². The Balaban J connectivity index is 1.62. The lowest BCUT2D eigenvalue weighted by atomic mass is 9.99. The Morgan fingerprint density at radius 1 is 1.16 bits per heavy atom. The van der Waals surface area contributed by atoms with Crippen molar-refractivity contribution in [1.29, 1.82) is 0 Å². The maximum absolute atomic E-state index is 6.00. The molecule has 0 bridgehead atoms. The highest BCUT2D eigenvalue weighted by molar-refractivity contribution is 9.10. The molecule has 0 spiro atoms. The molecule has 0 radical (unpaired) electrons. The predicted molar refractivity (Wildman–Crippen MR) is 111 cm³/mol. The zero-order valence-electron chi connectivity index (χ0n) is 14.6. The van der Waals surface area contributed by atoms with Crippen LogP contribution in [0.2, 0.25) is 0 Å². The minimum Gasteiger partial charge on any atom is -0.492 e. The van der Waals surface area contributed by atoms with E-state index in [1.165, 1.54) is 38.9 Å². The molecule has 1 nitrogen and oxygen atoms in total. The van der Waals surface area contributed by atoms with Crippen molar-refractivity contribution in [2.45, 2.75) is 44.9 Å². The molecule has 0 N–H and O–H groups in total. The minimum absolute atomic E-state index is 0.728. The monoisotopic (exact) mass is 414 g/mol. The number of rotatable bonds is 7. The number of thiophene rings is 1. The fraction of sp³-hybridized carbons (Fsp3) is 0.364. The highest BCUT2D eigenvalue weighted by atomic mass is 79.9. The molecule has 130 valence electrons. The zero-order chi connectivity index (χ0) is 17.2. The van der Waals surface area contributed by atoms with Crippen molar-refractivity contribution in [3.8, 4) is 5.75 Å². The average molecular weight is 415 g/mol. The van der Waals surface area contributed by atoms with Gasteiger partial charge in [-0.15, -0.1) is 11.3 Å². The fourth-order valence-corrected chi connectivity index (χ4v) is 4.88. The first-order valence-corrected chi connectivity index (χ1v) is 10.8. The molecule has 0 unspecified atom stereocenters. The van der Waals surface area contributed by atoms with Gasteiger partial charge in [0.15, 0.2) is 0 Å². The highest BCUT2D eigenvalue weighted by Gasteiger charge is 2.27. The summed E-state index contributed by atoms with van der Waals surface area (Å²) in [7, 11) is 0. The van der Waals surface area contributed by atoms with Crippen LogP contribution >= 0.6 is 27.3 Å². The Hall–Kier alpha value is -1.32. The maximum Gasteiger partial charge on any atom is 0.133 e. The Kier molecular flexibility index (Phi) is 5.14. The van der Waals surface area contributed by atoms with Gasteiger partial charge >= 0.3 is 0 Å². The van der Waals surface area contributed by atoms with Crippen molar-refractivity contribution in [3.05, 3.63) is 62.9 Å². The standard InChI is InChI=1S/C22H23BrOS/c1-2-3-10-24-21-14-19(15-8-9-15)17(13-20(21)23)12-18-11-16-6-4-5-7-22(16)25-18/h4-7,11,13-15H,2-3,8-10,12H2,1H3. The predicted octanol–water partition coefficient (Wildman–Crippen LogP) is 7.31. The Morgan fingerprint density at radius 2 is 2.00 bits per heavy atom. The van der Waals surface area contributed by atoms with E-state index in [0.29, 0.717) is 0 Å². The number of halogens is 1. The number of unbranched alkanes of at least 4 members (excludes halogenated alkanes) is 1. The van der Waals surface area contributed by atoms with E-state index in [1.54, 1.807) is 0 Å². The summed E-state index contributed by atoms with van der Waals surface area (Å²) in [5.41, 5.74) is 2.94. The van der Waals surface area contributed by atoms with E-state index in [4.69, 9.17) is 4.74 Å². The van der Waals surface area contributed by atoms with E-state index < -0.39 is 0 Å². The molecule has 4 rings (SSSR count). The molecule has 0 saturated heterocycles. The van der Waals surface area contributed by atoms with Crippen LogP contribution < -0.4 is 4.74 Å². The van der Waals surface area contributed by atoms with Crippen LogP contribution in [0.5, 0.6) is 5.75 Å². The number of ether oxygens (including phenoxy) is 1. The third-order valence-corrected chi connectivity index (χ3v) is 6.54. The first-order chi connectivity index (χ1) is 12.2. The molecular formula is C22H23BrOS. The molecule has 1 fully saturated rings. The Labute approximate surface area is 162 Å². The van der Waals surface area contributed by atoms with E-state index in [-0.39, 0.29) is 0 Å². The Bertz CT molecular complexity index is 846. The van der Waals surface area contributed by atoms with Gasteiger partial charge in [-0.1, -0.05) is 31.5 Å². The minimum atomic E-state index is 0.728. The number of hydrogen-bond acceptors (Lipinski definition) is 2. The summed E-state index contributed by atoms with van der Waals surface area (Å²) in [4.78, 5) is 1.44. The van der Waals surface area contributed by atoms with Crippen molar-refractivity contribution in [2.24, 2.45) is 0 Å². The first-order valence-electron chi connectivity index (χ1n) is 9.17. The second-order valence-corrected chi connectivity index (χ2v) is 8.91. The van der Waals surface area contributed by atoms with Crippen molar-refractivity contribution in [1.82, 2.24) is 0 Å². The molecular weight excluding hydrogens is 392 g/mol. The summed E-state index contributed by atoms with van der Waals surface area (Å²) in [6.07, 6.45) is 5.91. The van der Waals surface area contributed by atoms with Gasteiger partial charge < -0.3 is 4.74 Å². The quantitative estimate of drug-likeness (QED) is 0.368. The van der Waals surface area contributed by atoms with Gasteiger partial charge in [0.2, 0.25) is 0 Å². The van der Waals surface area contributed by atoms with Crippen molar-refractivity contribution in [3.63, 3.8) is 0 Å². The molecule has 2 aromatic carbocycles. The number of benzene rings is 2. The van der Waals surface area contributed by atoms with Crippen LogP contribution in [0.25, 0.3) is 10.1 Å². The van der Waals surface area contributed by atoms with Gasteiger partial charge in [-0.2, -0.15) is 0 Å². The topological polar surface area (TPSA) is 9.23 Å². The number of hydrogen-bond donors (Lipinski definition) is 0. The van der Waals surface area contributed by atoms with Gasteiger partial charge in [0.1, 0.15) is 5.75 Å². The molecule has 0 amide bonds. The smallest absolute Gasteiger partial charge is 0.133 e. The normalized spacial score (nSPS) is 14.2. The lowest BCUT2D eigenvalue weighted by Gasteiger charge is -2.14. The third-order valence-electron chi connectivity index (χ3n) is 4.81. The van der Waals surface area contributed by atoms with Crippen LogP contribution in [-0.2, 0) is 6.42 Å². The second kappa shape index (κ2) is 7.51. The molecule has 1 heterocycles. The van der Waals surface area contributed by atoms with Crippen molar-refractivity contribution < 1.29 is 4.74 Å². The van der Waals surface area contributed by atoms with Gasteiger partial charge in [-0.05, 0) is 81.9 Å². The number of fused-ring (bicyclic) bond motifs is 1.